The van der Waals surface area contributed by atoms with Crippen molar-refractivity contribution in [2.24, 2.45) is 0 Å². The molecule has 0 N–H and O–H groups in total. The molecule has 1 atom stereocenters. The maximum atomic E-state index is 13.1. The summed E-state index contributed by atoms with van der Waals surface area (Å²) in [6, 6.07) is 14.1. The van der Waals surface area contributed by atoms with Gasteiger partial charge >= 0.3 is 7.60 Å². The van der Waals surface area contributed by atoms with Crippen molar-refractivity contribution in [2.45, 2.75) is 19.6 Å². The quantitative estimate of drug-likeness (QED) is 0.560. The second-order valence-electron chi connectivity index (χ2n) is 5.83. The number of hydrogen-bond donors (Lipinski definition) is 0. The van der Waals surface area contributed by atoms with E-state index in [4.69, 9.17) is 20.6 Å². The lowest BCUT2D eigenvalue weighted by Crippen LogP contribution is -2.28. The summed E-state index contributed by atoms with van der Waals surface area (Å²) >= 11 is 6.55. The molecular weight excluding hydrogens is 357 g/mol. The Morgan fingerprint density at radius 2 is 1.72 bits per heavy atom. The summed E-state index contributed by atoms with van der Waals surface area (Å²) in [5, 5.41) is 2.77. The third-order valence-corrected chi connectivity index (χ3v) is 6.63. The molecule has 0 amide bonds. The molecule has 0 bridgehead atoms. The van der Waals surface area contributed by atoms with Crippen LogP contribution in [0.15, 0.2) is 48.5 Å². The van der Waals surface area contributed by atoms with Gasteiger partial charge < -0.3 is 9.05 Å². The van der Waals surface area contributed by atoms with Gasteiger partial charge in [-0.05, 0) is 56.4 Å². The van der Waals surface area contributed by atoms with E-state index in [-0.39, 0.29) is 0 Å². The van der Waals surface area contributed by atoms with Gasteiger partial charge in [0.15, 0.2) is 0 Å². The topological polar surface area (TPSA) is 38.8 Å². The number of likely N-dealkylation sites (N-methyl/N-ethyl adjacent to an activating group) is 1. The third kappa shape index (κ3) is 4.93. The SMILES string of the molecule is CCOP(=O)(OCC)[C@H](/C=C(\Cl)c1ccc2ccccc2c1)N(C)C. The molecule has 2 aromatic rings. The first-order chi connectivity index (χ1) is 11.9. The Balaban J connectivity index is 2.41. The van der Waals surface area contributed by atoms with Crippen LogP contribution in [0.3, 0.4) is 0 Å². The van der Waals surface area contributed by atoms with Crippen LogP contribution in [-0.2, 0) is 13.6 Å². The van der Waals surface area contributed by atoms with Crippen LogP contribution in [0.2, 0.25) is 0 Å². The molecule has 0 saturated heterocycles. The Hall–Kier alpha value is -1.16. The van der Waals surface area contributed by atoms with Gasteiger partial charge in [-0.15, -0.1) is 0 Å². The molecule has 6 heteroatoms. The molecule has 0 aliphatic carbocycles. The van der Waals surface area contributed by atoms with Crippen molar-refractivity contribution in [2.75, 3.05) is 27.3 Å². The predicted molar refractivity (Wildman–Crippen MR) is 106 cm³/mol. The Labute approximate surface area is 154 Å². The number of nitrogens with zero attached hydrogens (tertiary/aromatic N) is 1. The highest BCUT2D eigenvalue weighted by molar-refractivity contribution is 7.54. The Kier molecular flexibility index (Phi) is 7.24. The Morgan fingerprint density at radius 3 is 2.28 bits per heavy atom. The molecule has 2 aromatic carbocycles. The molecule has 136 valence electrons. The maximum Gasteiger partial charge on any atom is 0.351 e. The smallest absolute Gasteiger partial charge is 0.308 e. The number of hydrogen-bond acceptors (Lipinski definition) is 4. The van der Waals surface area contributed by atoms with Crippen LogP contribution in [0.25, 0.3) is 15.8 Å². The summed E-state index contributed by atoms with van der Waals surface area (Å²) in [5.41, 5.74) is 0.867. The highest BCUT2D eigenvalue weighted by atomic mass is 35.5. The van der Waals surface area contributed by atoms with E-state index in [0.29, 0.717) is 18.2 Å². The molecule has 0 fully saturated rings. The second-order valence-corrected chi connectivity index (χ2v) is 8.36. The average molecular weight is 382 g/mol. The van der Waals surface area contributed by atoms with Crippen molar-refractivity contribution in [3.05, 3.63) is 54.1 Å². The van der Waals surface area contributed by atoms with Crippen molar-refractivity contribution < 1.29 is 13.6 Å². The lowest BCUT2D eigenvalue weighted by atomic mass is 10.1. The Bertz CT molecular complexity index is 781. The van der Waals surface area contributed by atoms with E-state index in [0.717, 1.165) is 16.3 Å². The second kappa shape index (κ2) is 8.98. The van der Waals surface area contributed by atoms with E-state index >= 15 is 0 Å². The first-order valence-electron chi connectivity index (χ1n) is 8.33. The van der Waals surface area contributed by atoms with E-state index in [1.54, 1.807) is 24.8 Å². The minimum atomic E-state index is -3.34. The number of halogens is 1. The van der Waals surface area contributed by atoms with Crippen molar-refractivity contribution in [3.8, 4) is 0 Å². The van der Waals surface area contributed by atoms with Crippen LogP contribution >= 0.6 is 19.2 Å². The van der Waals surface area contributed by atoms with Gasteiger partial charge in [-0.25, -0.2) is 0 Å². The first kappa shape index (κ1) is 20.2. The summed E-state index contributed by atoms with van der Waals surface area (Å²) in [4.78, 5) is 1.80. The lowest BCUT2D eigenvalue weighted by molar-refractivity contribution is 0.196. The molecule has 0 unspecified atom stereocenters. The maximum absolute atomic E-state index is 13.1. The van der Waals surface area contributed by atoms with Crippen molar-refractivity contribution in [3.63, 3.8) is 0 Å². The van der Waals surface area contributed by atoms with E-state index in [1.165, 1.54) is 0 Å². The molecule has 0 spiro atoms. The minimum Gasteiger partial charge on any atom is -0.308 e. The number of benzene rings is 2. The highest BCUT2D eigenvalue weighted by Crippen LogP contribution is 2.54. The van der Waals surface area contributed by atoms with Crippen molar-refractivity contribution in [1.82, 2.24) is 4.90 Å². The summed E-state index contributed by atoms with van der Waals surface area (Å²) in [6.45, 7) is 4.21. The molecule has 4 nitrogen and oxygen atoms in total. The van der Waals surface area contributed by atoms with Crippen molar-refractivity contribution in [1.29, 1.82) is 0 Å². The summed E-state index contributed by atoms with van der Waals surface area (Å²) in [6.07, 6.45) is 1.75. The minimum absolute atomic E-state index is 0.309. The van der Waals surface area contributed by atoms with Crippen LogP contribution in [-0.4, -0.2) is 38.0 Å². The molecule has 0 radical (unpaired) electrons. The largest absolute Gasteiger partial charge is 0.351 e. The number of fused-ring (bicyclic) bond motifs is 1. The molecule has 0 saturated carbocycles. The van der Waals surface area contributed by atoms with Crippen LogP contribution in [0.5, 0.6) is 0 Å². The standard InChI is InChI=1S/C19H25ClNO3P/c1-5-23-25(22,24-6-2)19(21(3)4)14-18(20)17-12-11-15-9-7-8-10-16(15)13-17/h7-14,19H,5-6H2,1-4H3/b18-14-/t19-/m1/s1. The van der Waals surface area contributed by atoms with E-state index in [2.05, 4.69) is 6.07 Å². The molecule has 0 aliphatic heterocycles. The fourth-order valence-electron chi connectivity index (χ4n) is 2.64. The fraction of sp³-hybridized carbons (Fsp3) is 0.368. The molecule has 0 aromatic heterocycles. The van der Waals surface area contributed by atoms with Gasteiger partial charge in [-0.1, -0.05) is 48.0 Å². The van der Waals surface area contributed by atoms with Gasteiger partial charge in [0.1, 0.15) is 5.78 Å². The van der Waals surface area contributed by atoms with Gasteiger partial charge in [0, 0.05) is 5.03 Å². The van der Waals surface area contributed by atoms with E-state index in [1.807, 2.05) is 50.5 Å². The number of rotatable bonds is 8. The van der Waals surface area contributed by atoms with Crippen molar-refractivity contribution >= 4 is 35.0 Å². The molecular formula is C19H25ClNO3P. The molecule has 0 heterocycles. The zero-order valence-electron chi connectivity index (χ0n) is 15.1. The van der Waals surface area contributed by atoms with Gasteiger partial charge in [0.2, 0.25) is 0 Å². The van der Waals surface area contributed by atoms with Crippen LogP contribution < -0.4 is 0 Å². The van der Waals surface area contributed by atoms with Crippen LogP contribution in [0.4, 0.5) is 0 Å². The summed E-state index contributed by atoms with van der Waals surface area (Å²) < 4.78 is 24.1. The normalized spacial score (nSPS) is 14.2. The first-order valence-corrected chi connectivity index (χ1v) is 10.3. The van der Waals surface area contributed by atoms with Crippen LogP contribution in [0, 0.1) is 0 Å². The fourth-order valence-corrected chi connectivity index (χ4v) is 4.96. The lowest BCUT2D eigenvalue weighted by Gasteiger charge is -2.29. The zero-order valence-corrected chi connectivity index (χ0v) is 16.8. The van der Waals surface area contributed by atoms with Gasteiger partial charge in [-0.3, -0.25) is 9.46 Å². The van der Waals surface area contributed by atoms with Gasteiger partial charge in [0.25, 0.3) is 0 Å². The predicted octanol–water partition coefficient (Wildman–Crippen LogP) is 5.57. The van der Waals surface area contributed by atoms with Crippen LogP contribution in [0.1, 0.15) is 19.4 Å². The van der Waals surface area contributed by atoms with Gasteiger partial charge in [0.05, 0.1) is 13.2 Å². The van der Waals surface area contributed by atoms with E-state index in [9.17, 15) is 4.57 Å². The summed E-state index contributed by atoms with van der Waals surface area (Å²) in [5.74, 6) is -0.564. The third-order valence-electron chi connectivity index (χ3n) is 3.79. The highest BCUT2D eigenvalue weighted by Gasteiger charge is 2.36. The molecule has 0 aliphatic rings. The average Bonchev–Trinajstić information content (AvgIpc) is 2.59. The summed E-state index contributed by atoms with van der Waals surface area (Å²) in [7, 11) is 0.317. The monoisotopic (exact) mass is 381 g/mol. The van der Waals surface area contributed by atoms with Gasteiger partial charge in [-0.2, -0.15) is 0 Å². The van der Waals surface area contributed by atoms with E-state index < -0.39 is 13.4 Å². The Morgan fingerprint density at radius 1 is 1.12 bits per heavy atom. The zero-order chi connectivity index (χ0) is 18.4. The molecule has 25 heavy (non-hydrogen) atoms. The molecule has 2 rings (SSSR count).